The molecule has 0 aromatic carbocycles. The largest absolute Gasteiger partial charge is 0.413 e. The van der Waals surface area contributed by atoms with Crippen LogP contribution in [0.5, 0.6) is 0 Å². The van der Waals surface area contributed by atoms with Crippen molar-refractivity contribution in [2.75, 3.05) is 0 Å². The molecule has 1 aliphatic rings. The Morgan fingerprint density at radius 2 is 1.89 bits per heavy atom. The summed E-state index contributed by atoms with van der Waals surface area (Å²) in [5.74, 6) is -0.686. The SMILES string of the molecule is Cc1nc(F)ccc1[C@H](N[S@@](=O)C(C)(C)C)c1cn(C2(C(F)(F)F)CC2)nn1. The summed E-state index contributed by atoms with van der Waals surface area (Å²) >= 11 is 0. The van der Waals surface area contributed by atoms with Crippen LogP contribution in [0.15, 0.2) is 18.3 Å². The maximum absolute atomic E-state index is 13.4. The van der Waals surface area contributed by atoms with Gasteiger partial charge in [0.1, 0.15) is 5.69 Å². The number of halogens is 4. The summed E-state index contributed by atoms with van der Waals surface area (Å²) in [7, 11) is -1.57. The van der Waals surface area contributed by atoms with Crippen molar-refractivity contribution in [1.82, 2.24) is 24.7 Å². The van der Waals surface area contributed by atoms with Crippen molar-refractivity contribution in [2.24, 2.45) is 0 Å². The fraction of sp³-hybridized carbons (Fsp3) is 0.588. The maximum Gasteiger partial charge on any atom is 0.413 e. The number of pyridine rings is 1. The third-order valence-corrected chi connectivity index (χ3v) is 6.24. The molecule has 0 bridgehead atoms. The highest BCUT2D eigenvalue weighted by Gasteiger charge is 2.66. The summed E-state index contributed by atoms with van der Waals surface area (Å²) < 4.78 is 69.3. The lowest BCUT2D eigenvalue weighted by molar-refractivity contribution is -0.182. The maximum atomic E-state index is 13.4. The lowest BCUT2D eigenvalue weighted by Gasteiger charge is -2.24. The van der Waals surface area contributed by atoms with E-state index in [1.807, 2.05) is 0 Å². The van der Waals surface area contributed by atoms with Crippen LogP contribution in [-0.4, -0.2) is 35.1 Å². The smallest absolute Gasteiger partial charge is 0.242 e. The van der Waals surface area contributed by atoms with Gasteiger partial charge in [-0.2, -0.15) is 17.6 Å². The molecule has 2 heterocycles. The number of hydrogen-bond acceptors (Lipinski definition) is 4. The van der Waals surface area contributed by atoms with E-state index in [0.717, 1.165) is 10.7 Å². The van der Waals surface area contributed by atoms with Gasteiger partial charge in [-0.3, -0.25) is 0 Å². The molecule has 2 aromatic heterocycles. The van der Waals surface area contributed by atoms with Crippen LogP contribution < -0.4 is 4.72 Å². The molecule has 0 aliphatic heterocycles. The van der Waals surface area contributed by atoms with Crippen molar-refractivity contribution in [3.8, 4) is 0 Å². The van der Waals surface area contributed by atoms with E-state index in [-0.39, 0.29) is 18.5 Å². The van der Waals surface area contributed by atoms with Gasteiger partial charge >= 0.3 is 6.18 Å². The molecular weight excluding hydrogens is 398 g/mol. The van der Waals surface area contributed by atoms with Gasteiger partial charge in [0, 0.05) is 5.69 Å². The van der Waals surface area contributed by atoms with Gasteiger partial charge in [-0.05, 0) is 52.2 Å². The Morgan fingerprint density at radius 1 is 1.25 bits per heavy atom. The minimum atomic E-state index is -4.44. The second-order valence-electron chi connectivity index (χ2n) is 7.86. The van der Waals surface area contributed by atoms with Crippen LogP contribution in [0.4, 0.5) is 17.6 Å². The number of nitrogens with zero attached hydrogens (tertiary/aromatic N) is 4. The van der Waals surface area contributed by atoms with Gasteiger partial charge in [0.2, 0.25) is 5.95 Å². The summed E-state index contributed by atoms with van der Waals surface area (Å²) in [6.45, 7) is 6.82. The lowest BCUT2D eigenvalue weighted by atomic mass is 10.0. The first-order valence-electron chi connectivity index (χ1n) is 8.66. The average Bonchev–Trinajstić information content (AvgIpc) is 3.24. The lowest BCUT2D eigenvalue weighted by Crippen LogP contribution is -2.37. The van der Waals surface area contributed by atoms with E-state index >= 15 is 0 Å². The van der Waals surface area contributed by atoms with Crippen molar-refractivity contribution in [3.05, 3.63) is 41.2 Å². The van der Waals surface area contributed by atoms with E-state index in [9.17, 15) is 21.8 Å². The van der Waals surface area contributed by atoms with Crippen molar-refractivity contribution in [2.45, 2.75) is 63.0 Å². The van der Waals surface area contributed by atoms with Crippen molar-refractivity contribution < 1.29 is 21.8 Å². The van der Waals surface area contributed by atoms with Crippen molar-refractivity contribution in [3.63, 3.8) is 0 Å². The predicted molar refractivity (Wildman–Crippen MR) is 95.1 cm³/mol. The van der Waals surface area contributed by atoms with Crippen LogP contribution in [0.3, 0.4) is 0 Å². The molecule has 0 unspecified atom stereocenters. The Kier molecular flexibility index (Phi) is 5.11. The molecule has 1 fully saturated rings. The molecule has 1 N–H and O–H groups in total. The molecule has 2 atom stereocenters. The van der Waals surface area contributed by atoms with Crippen LogP contribution >= 0.6 is 0 Å². The summed E-state index contributed by atoms with van der Waals surface area (Å²) in [5.41, 5.74) is -1.11. The van der Waals surface area contributed by atoms with Crippen LogP contribution in [0.2, 0.25) is 0 Å². The zero-order chi connectivity index (χ0) is 20.9. The van der Waals surface area contributed by atoms with Gasteiger partial charge in [0.05, 0.1) is 28.0 Å². The van der Waals surface area contributed by atoms with E-state index in [2.05, 4.69) is 20.0 Å². The fourth-order valence-electron chi connectivity index (χ4n) is 2.79. The normalized spacial score (nSPS) is 18.7. The Hall–Kier alpha value is -1.88. The van der Waals surface area contributed by atoms with Crippen LogP contribution in [0, 0.1) is 12.9 Å². The number of hydrogen-bond donors (Lipinski definition) is 1. The average molecular weight is 419 g/mol. The topological polar surface area (TPSA) is 72.7 Å². The molecule has 3 rings (SSSR count). The predicted octanol–water partition coefficient (Wildman–Crippen LogP) is 3.31. The summed E-state index contributed by atoms with van der Waals surface area (Å²) in [6.07, 6.45) is -3.37. The highest BCUT2D eigenvalue weighted by atomic mass is 32.2. The van der Waals surface area contributed by atoms with Gasteiger partial charge < -0.3 is 0 Å². The third-order valence-electron chi connectivity index (χ3n) is 4.68. The number of nitrogens with one attached hydrogen (secondary N) is 1. The molecule has 0 radical (unpaired) electrons. The minimum Gasteiger partial charge on any atom is -0.242 e. The first-order chi connectivity index (χ1) is 12.8. The molecule has 0 amide bonds. The van der Waals surface area contributed by atoms with Crippen molar-refractivity contribution in [1.29, 1.82) is 0 Å². The second kappa shape index (κ2) is 6.87. The Morgan fingerprint density at radius 3 is 2.39 bits per heavy atom. The van der Waals surface area contributed by atoms with E-state index in [1.165, 1.54) is 12.3 Å². The highest BCUT2D eigenvalue weighted by Crippen LogP contribution is 2.55. The van der Waals surface area contributed by atoms with Crippen LogP contribution in [-0.2, 0) is 16.5 Å². The van der Waals surface area contributed by atoms with E-state index in [0.29, 0.717) is 11.3 Å². The minimum absolute atomic E-state index is 0.0670. The molecule has 6 nitrogen and oxygen atoms in total. The zero-order valence-corrected chi connectivity index (χ0v) is 16.7. The molecular formula is C17H21F4N5OS. The summed E-state index contributed by atoms with van der Waals surface area (Å²) in [4.78, 5) is 3.76. The summed E-state index contributed by atoms with van der Waals surface area (Å²) in [6, 6.07) is 1.73. The zero-order valence-electron chi connectivity index (χ0n) is 15.8. The Bertz CT molecular complexity index is 902. The monoisotopic (exact) mass is 419 g/mol. The van der Waals surface area contributed by atoms with Gasteiger partial charge in [-0.1, -0.05) is 11.3 Å². The summed E-state index contributed by atoms with van der Waals surface area (Å²) in [5, 5.41) is 7.60. The second-order valence-corrected chi connectivity index (χ2v) is 9.86. The van der Waals surface area contributed by atoms with Crippen LogP contribution in [0.1, 0.15) is 56.6 Å². The Labute approximate surface area is 162 Å². The third kappa shape index (κ3) is 3.82. The number of alkyl halides is 3. The molecule has 11 heteroatoms. The molecule has 154 valence electrons. The molecule has 28 heavy (non-hydrogen) atoms. The molecule has 1 aliphatic carbocycles. The van der Waals surface area contributed by atoms with Crippen LogP contribution in [0.25, 0.3) is 0 Å². The van der Waals surface area contributed by atoms with E-state index in [1.54, 1.807) is 27.7 Å². The number of rotatable bonds is 5. The first kappa shape index (κ1) is 20.8. The highest BCUT2D eigenvalue weighted by molar-refractivity contribution is 7.84. The number of aromatic nitrogens is 4. The van der Waals surface area contributed by atoms with E-state index in [4.69, 9.17) is 0 Å². The quantitative estimate of drug-likeness (QED) is 0.596. The standard InChI is InChI=1S/C17H21F4N5OS/c1-10-11(5-6-13(18)22-10)14(24-28(27)15(2,3)4)12-9-26(25-23-12)16(7-8-16)17(19,20)21/h5-6,9,14,24H,7-8H2,1-4H3/t14-,28-/m0/s1. The first-order valence-corrected chi connectivity index (χ1v) is 9.81. The Balaban J connectivity index is 2.02. The van der Waals surface area contributed by atoms with Gasteiger partial charge in [0.25, 0.3) is 0 Å². The number of aryl methyl sites for hydroxylation is 1. The molecule has 1 saturated carbocycles. The van der Waals surface area contributed by atoms with Crippen molar-refractivity contribution >= 4 is 11.0 Å². The molecule has 0 saturated heterocycles. The molecule has 0 spiro atoms. The molecule has 2 aromatic rings. The van der Waals surface area contributed by atoms with Gasteiger partial charge in [0.15, 0.2) is 5.54 Å². The van der Waals surface area contributed by atoms with E-state index < -0.39 is 39.4 Å². The van der Waals surface area contributed by atoms with Gasteiger partial charge in [-0.15, -0.1) is 5.10 Å². The fourth-order valence-corrected chi connectivity index (χ4v) is 3.61. The van der Waals surface area contributed by atoms with Gasteiger partial charge in [-0.25, -0.2) is 18.6 Å².